The molecule has 8 nitrogen and oxygen atoms in total. The van der Waals surface area contributed by atoms with E-state index >= 15 is 0 Å². The number of carbonyl (C=O) groups excluding carboxylic acids is 1. The van der Waals surface area contributed by atoms with E-state index in [-0.39, 0.29) is 11.6 Å². The van der Waals surface area contributed by atoms with E-state index in [2.05, 4.69) is 36.5 Å². The van der Waals surface area contributed by atoms with Crippen molar-refractivity contribution in [2.45, 2.75) is 0 Å². The summed E-state index contributed by atoms with van der Waals surface area (Å²) >= 11 is 3.45. The monoisotopic (exact) mass is 489 g/mol. The summed E-state index contributed by atoms with van der Waals surface area (Å²) in [7, 11) is 0. The van der Waals surface area contributed by atoms with E-state index in [0.717, 1.165) is 21.1 Å². The second kappa shape index (κ2) is 9.36. The largest absolute Gasteiger partial charge is 0.340 e. The van der Waals surface area contributed by atoms with Gasteiger partial charge in [-0.1, -0.05) is 34.1 Å². The van der Waals surface area contributed by atoms with Gasteiger partial charge in [0.15, 0.2) is 0 Å². The van der Waals surface area contributed by atoms with Crippen molar-refractivity contribution < 1.29 is 9.72 Å². The van der Waals surface area contributed by atoms with E-state index < -0.39 is 4.92 Å². The van der Waals surface area contributed by atoms with Crippen molar-refractivity contribution >= 4 is 61.7 Å². The van der Waals surface area contributed by atoms with Gasteiger partial charge in [0.1, 0.15) is 12.1 Å². The van der Waals surface area contributed by atoms with Crippen LogP contribution in [0.25, 0.3) is 17.0 Å². The van der Waals surface area contributed by atoms with Crippen LogP contribution in [0.15, 0.2) is 83.6 Å². The van der Waals surface area contributed by atoms with Crippen LogP contribution in [0, 0.1) is 10.1 Å². The third kappa shape index (κ3) is 5.13. The number of nitrogens with one attached hydrogen (secondary N) is 2. The zero-order chi connectivity index (χ0) is 22.5. The van der Waals surface area contributed by atoms with Crippen molar-refractivity contribution in [1.82, 2.24) is 9.97 Å². The lowest BCUT2D eigenvalue weighted by Gasteiger charge is -2.10. The fourth-order valence-electron chi connectivity index (χ4n) is 3.03. The maximum absolute atomic E-state index is 12.4. The predicted octanol–water partition coefficient (Wildman–Crippen LogP) is 5.70. The zero-order valence-electron chi connectivity index (χ0n) is 16.5. The Bertz CT molecular complexity index is 1360. The number of hydrogen-bond acceptors (Lipinski definition) is 6. The molecule has 0 fully saturated rings. The van der Waals surface area contributed by atoms with Crippen LogP contribution in [0.2, 0.25) is 0 Å². The first-order valence-corrected chi connectivity index (χ1v) is 10.3. The summed E-state index contributed by atoms with van der Waals surface area (Å²) in [6, 6.07) is 19.1. The Hall–Kier alpha value is -4.11. The van der Waals surface area contributed by atoms with E-state index in [1.54, 1.807) is 30.3 Å². The molecule has 1 heterocycles. The summed E-state index contributed by atoms with van der Waals surface area (Å²) in [5, 5.41) is 17.7. The number of hydrogen-bond donors (Lipinski definition) is 2. The number of anilines is 3. The van der Waals surface area contributed by atoms with Crippen molar-refractivity contribution in [3.63, 3.8) is 0 Å². The molecular formula is C23H16BrN5O3. The van der Waals surface area contributed by atoms with Gasteiger partial charge in [0.05, 0.1) is 10.4 Å². The molecule has 3 aromatic carbocycles. The van der Waals surface area contributed by atoms with Gasteiger partial charge in [0.25, 0.3) is 5.69 Å². The molecular weight excluding hydrogens is 474 g/mol. The number of nitro groups is 1. The molecule has 0 spiro atoms. The van der Waals surface area contributed by atoms with Gasteiger partial charge in [-0.3, -0.25) is 14.9 Å². The summed E-state index contributed by atoms with van der Waals surface area (Å²) in [6.07, 6.45) is 4.32. The molecule has 0 aliphatic carbocycles. The Balaban J connectivity index is 1.54. The van der Waals surface area contributed by atoms with Crippen LogP contribution in [0.4, 0.5) is 22.9 Å². The first kappa shape index (κ1) is 21.1. The fraction of sp³-hybridized carbons (Fsp3) is 0. The number of fused-ring (bicyclic) bond motifs is 1. The highest BCUT2D eigenvalue weighted by Crippen LogP contribution is 2.27. The van der Waals surface area contributed by atoms with Crippen molar-refractivity contribution in [2.75, 3.05) is 10.6 Å². The minimum Gasteiger partial charge on any atom is -0.340 e. The van der Waals surface area contributed by atoms with Gasteiger partial charge in [-0.2, -0.15) is 0 Å². The zero-order valence-corrected chi connectivity index (χ0v) is 18.1. The highest BCUT2D eigenvalue weighted by atomic mass is 79.9. The molecule has 0 unspecified atom stereocenters. The Morgan fingerprint density at radius 2 is 1.84 bits per heavy atom. The van der Waals surface area contributed by atoms with E-state index in [1.807, 2.05) is 24.3 Å². The quantitative estimate of drug-likeness (QED) is 0.204. The van der Waals surface area contributed by atoms with E-state index in [4.69, 9.17) is 0 Å². The topological polar surface area (TPSA) is 110 Å². The minimum absolute atomic E-state index is 0.0347. The van der Waals surface area contributed by atoms with Gasteiger partial charge in [0, 0.05) is 39.4 Å². The molecule has 0 bridgehead atoms. The van der Waals surface area contributed by atoms with Crippen LogP contribution in [0.5, 0.6) is 0 Å². The standard InChI is InChI=1S/C23H16BrN5O3/c24-16-4-2-5-17(12-16)28-23-20-13-18(8-9-21(20)25-14-26-23)27-22(30)10-7-15-3-1-6-19(11-15)29(31)32/h1-14H,(H,27,30)(H,25,26,28)/b10-7+. The molecule has 0 saturated heterocycles. The van der Waals surface area contributed by atoms with Crippen LogP contribution in [0.1, 0.15) is 5.56 Å². The molecule has 0 atom stereocenters. The van der Waals surface area contributed by atoms with Gasteiger partial charge >= 0.3 is 0 Å². The van der Waals surface area contributed by atoms with Crippen molar-refractivity contribution in [3.8, 4) is 0 Å². The molecule has 9 heteroatoms. The van der Waals surface area contributed by atoms with Gasteiger partial charge in [0.2, 0.25) is 5.91 Å². The van der Waals surface area contributed by atoms with Crippen molar-refractivity contribution in [2.24, 2.45) is 0 Å². The lowest BCUT2D eigenvalue weighted by atomic mass is 10.2. The summed E-state index contributed by atoms with van der Waals surface area (Å²) in [5.41, 5.74) is 2.67. The number of non-ortho nitro benzene ring substituents is 1. The molecule has 0 radical (unpaired) electrons. The Morgan fingerprint density at radius 3 is 2.66 bits per heavy atom. The van der Waals surface area contributed by atoms with Crippen LogP contribution < -0.4 is 10.6 Å². The lowest BCUT2D eigenvalue weighted by molar-refractivity contribution is -0.384. The number of halogens is 1. The number of amides is 1. The highest BCUT2D eigenvalue weighted by molar-refractivity contribution is 9.10. The first-order valence-electron chi connectivity index (χ1n) is 9.49. The number of carbonyl (C=O) groups is 1. The maximum atomic E-state index is 12.4. The number of aromatic nitrogens is 2. The molecule has 0 saturated carbocycles. The average Bonchev–Trinajstić information content (AvgIpc) is 2.78. The van der Waals surface area contributed by atoms with E-state index in [9.17, 15) is 14.9 Å². The molecule has 32 heavy (non-hydrogen) atoms. The minimum atomic E-state index is -0.478. The smallest absolute Gasteiger partial charge is 0.270 e. The number of benzene rings is 3. The second-order valence-electron chi connectivity index (χ2n) is 6.76. The summed E-state index contributed by atoms with van der Waals surface area (Å²) in [5.74, 6) is 0.241. The van der Waals surface area contributed by atoms with Crippen molar-refractivity contribution in [3.05, 3.63) is 99.3 Å². The number of nitrogens with zero attached hydrogens (tertiary/aromatic N) is 3. The third-order valence-electron chi connectivity index (χ3n) is 4.50. The second-order valence-corrected chi connectivity index (χ2v) is 7.68. The molecule has 0 aliphatic rings. The molecule has 2 N–H and O–H groups in total. The van der Waals surface area contributed by atoms with Crippen LogP contribution in [0.3, 0.4) is 0 Å². The molecule has 4 aromatic rings. The highest BCUT2D eigenvalue weighted by Gasteiger charge is 2.08. The van der Waals surface area contributed by atoms with Crippen LogP contribution in [-0.2, 0) is 4.79 Å². The summed E-state index contributed by atoms with van der Waals surface area (Å²) < 4.78 is 0.935. The fourth-order valence-corrected chi connectivity index (χ4v) is 3.43. The average molecular weight is 490 g/mol. The molecule has 1 aromatic heterocycles. The maximum Gasteiger partial charge on any atom is 0.270 e. The van der Waals surface area contributed by atoms with E-state index in [0.29, 0.717) is 17.1 Å². The summed E-state index contributed by atoms with van der Waals surface area (Å²) in [4.78, 5) is 31.4. The molecule has 1 amide bonds. The van der Waals surface area contributed by atoms with Crippen LogP contribution in [-0.4, -0.2) is 20.8 Å². The molecule has 0 aliphatic heterocycles. The SMILES string of the molecule is O=C(/C=C/c1cccc([N+](=O)[O-])c1)Nc1ccc2ncnc(Nc3cccc(Br)c3)c2c1. The summed E-state index contributed by atoms with van der Waals surface area (Å²) in [6.45, 7) is 0. The number of nitro benzene ring substituents is 1. The van der Waals surface area contributed by atoms with Gasteiger partial charge < -0.3 is 10.6 Å². The Labute approximate surface area is 191 Å². The Kier molecular flexibility index (Phi) is 6.18. The molecule has 4 rings (SSSR count). The van der Waals surface area contributed by atoms with Crippen LogP contribution >= 0.6 is 15.9 Å². The van der Waals surface area contributed by atoms with Gasteiger partial charge in [-0.25, -0.2) is 9.97 Å². The number of rotatable bonds is 6. The third-order valence-corrected chi connectivity index (χ3v) is 4.99. The van der Waals surface area contributed by atoms with Gasteiger partial charge in [-0.15, -0.1) is 0 Å². The van der Waals surface area contributed by atoms with Gasteiger partial charge in [-0.05, 0) is 48.0 Å². The normalized spacial score (nSPS) is 10.9. The first-order chi connectivity index (χ1) is 15.5. The predicted molar refractivity (Wildman–Crippen MR) is 128 cm³/mol. The Morgan fingerprint density at radius 1 is 1.00 bits per heavy atom. The van der Waals surface area contributed by atoms with E-state index in [1.165, 1.54) is 30.6 Å². The molecule has 158 valence electrons. The van der Waals surface area contributed by atoms with Crippen molar-refractivity contribution in [1.29, 1.82) is 0 Å². The lowest BCUT2D eigenvalue weighted by Crippen LogP contribution is -2.08.